The predicted octanol–water partition coefficient (Wildman–Crippen LogP) is 4.34. The second kappa shape index (κ2) is 6.65. The van der Waals surface area contributed by atoms with Gasteiger partial charge in [0.15, 0.2) is 0 Å². The molecule has 1 fully saturated rings. The Balaban J connectivity index is 1.88. The molecule has 3 rings (SSSR count). The zero-order valence-corrected chi connectivity index (χ0v) is 14.5. The molecule has 0 aromatic heterocycles. The van der Waals surface area contributed by atoms with Crippen molar-refractivity contribution in [2.75, 3.05) is 16.8 Å². The lowest BCUT2D eigenvalue weighted by molar-refractivity contribution is -0.117. The molecule has 4 nitrogen and oxygen atoms in total. The molecule has 1 saturated heterocycles. The Kier molecular flexibility index (Phi) is 4.58. The zero-order chi connectivity index (χ0) is 17.3. The van der Waals surface area contributed by atoms with E-state index >= 15 is 0 Å². The minimum atomic E-state index is -0.215. The number of nitrogens with one attached hydrogen (secondary N) is 1. The van der Waals surface area contributed by atoms with E-state index in [9.17, 15) is 9.59 Å². The normalized spacial score (nSPS) is 14.1. The molecule has 2 aromatic rings. The smallest absolute Gasteiger partial charge is 0.255 e. The molecular weight excluding hydrogens is 324 g/mol. The Morgan fingerprint density at radius 1 is 1.21 bits per heavy atom. The van der Waals surface area contributed by atoms with Crippen molar-refractivity contribution in [1.29, 1.82) is 0 Å². The number of carbonyl (C=O) groups is 2. The highest BCUT2D eigenvalue weighted by atomic mass is 35.5. The molecule has 2 aromatic carbocycles. The summed E-state index contributed by atoms with van der Waals surface area (Å²) >= 11 is 6.23. The summed E-state index contributed by atoms with van der Waals surface area (Å²) in [7, 11) is 0. The number of hydrogen-bond acceptors (Lipinski definition) is 2. The standard InChI is InChI=1S/C19H19ClN2O2/c1-12-5-3-6-16(13(12)2)21-19(24)14-8-9-15(20)17(11-14)22-10-4-7-18(22)23/h3,5-6,8-9,11H,4,7,10H2,1-2H3,(H,21,24). The monoisotopic (exact) mass is 342 g/mol. The molecule has 1 N–H and O–H groups in total. The van der Waals surface area contributed by atoms with Gasteiger partial charge in [-0.1, -0.05) is 23.7 Å². The third-order valence-corrected chi connectivity index (χ3v) is 4.74. The van der Waals surface area contributed by atoms with Gasteiger partial charge in [-0.25, -0.2) is 0 Å². The minimum Gasteiger partial charge on any atom is -0.322 e. The predicted molar refractivity (Wildman–Crippen MR) is 96.9 cm³/mol. The number of amides is 2. The maximum Gasteiger partial charge on any atom is 0.255 e. The molecule has 0 spiro atoms. The maximum absolute atomic E-state index is 12.6. The van der Waals surface area contributed by atoms with Gasteiger partial charge < -0.3 is 10.2 Å². The van der Waals surface area contributed by atoms with Gasteiger partial charge >= 0.3 is 0 Å². The summed E-state index contributed by atoms with van der Waals surface area (Å²) in [4.78, 5) is 26.2. The molecule has 1 aliphatic heterocycles. The highest BCUT2D eigenvalue weighted by molar-refractivity contribution is 6.34. The number of benzene rings is 2. The molecule has 2 amide bonds. The molecule has 1 aliphatic rings. The topological polar surface area (TPSA) is 49.4 Å². The summed E-state index contributed by atoms with van der Waals surface area (Å²) < 4.78 is 0. The van der Waals surface area contributed by atoms with Crippen molar-refractivity contribution >= 4 is 34.8 Å². The molecule has 0 aliphatic carbocycles. The van der Waals surface area contributed by atoms with Crippen LogP contribution in [0.3, 0.4) is 0 Å². The van der Waals surface area contributed by atoms with E-state index in [4.69, 9.17) is 11.6 Å². The molecule has 0 saturated carbocycles. The number of hydrogen-bond donors (Lipinski definition) is 1. The van der Waals surface area contributed by atoms with Gasteiger partial charge in [0.05, 0.1) is 10.7 Å². The number of halogens is 1. The van der Waals surface area contributed by atoms with E-state index < -0.39 is 0 Å². The van der Waals surface area contributed by atoms with Crippen molar-refractivity contribution in [2.45, 2.75) is 26.7 Å². The van der Waals surface area contributed by atoms with Gasteiger partial charge in [-0.05, 0) is 55.7 Å². The Hall–Kier alpha value is -2.33. The van der Waals surface area contributed by atoms with Gasteiger partial charge in [0, 0.05) is 24.2 Å². The van der Waals surface area contributed by atoms with Crippen LogP contribution in [-0.2, 0) is 4.79 Å². The average Bonchev–Trinajstić information content (AvgIpc) is 2.98. The van der Waals surface area contributed by atoms with Crippen molar-refractivity contribution in [3.63, 3.8) is 0 Å². The first-order valence-electron chi connectivity index (χ1n) is 7.95. The zero-order valence-electron chi connectivity index (χ0n) is 13.7. The molecule has 0 unspecified atom stereocenters. The molecule has 5 heteroatoms. The number of nitrogens with zero attached hydrogens (tertiary/aromatic N) is 1. The van der Waals surface area contributed by atoms with Gasteiger partial charge in [0.2, 0.25) is 5.91 Å². The molecule has 0 atom stereocenters. The Morgan fingerprint density at radius 3 is 2.71 bits per heavy atom. The first-order chi connectivity index (χ1) is 11.5. The van der Waals surface area contributed by atoms with Gasteiger partial charge in [-0.3, -0.25) is 9.59 Å². The van der Waals surface area contributed by atoms with E-state index in [-0.39, 0.29) is 11.8 Å². The molecule has 24 heavy (non-hydrogen) atoms. The second-order valence-corrected chi connectivity index (χ2v) is 6.42. The lowest BCUT2D eigenvalue weighted by atomic mass is 10.1. The van der Waals surface area contributed by atoms with Crippen LogP contribution in [0.2, 0.25) is 5.02 Å². The van der Waals surface area contributed by atoms with Crippen molar-refractivity contribution in [1.82, 2.24) is 0 Å². The fourth-order valence-electron chi connectivity index (χ4n) is 2.84. The molecule has 0 bridgehead atoms. The van der Waals surface area contributed by atoms with Crippen LogP contribution in [0.4, 0.5) is 11.4 Å². The van der Waals surface area contributed by atoms with Crippen LogP contribution in [0.25, 0.3) is 0 Å². The third kappa shape index (κ3) is 3.15. The fraction of sp³-hybridized carbons (Fsp3) is 0.263. The summed E-state index contributed by atoms with van der Waals surface area (Å²) in [5.74, 6) is -0.169. The Morgan fingerprint density at radius 2 is 2.00 bits per heavy atom. The number of aryl methyl sites for hydroxylation is 1. The summed E-state index contributed by atoms with van der Waals surface area (Å²) in [6, 6.07) is 10.8. The van der Waals surface area contributed by atoms with Crippen LogP contribution >= 0.6 is 11.6 Å². The average molecular weight is 343 g/mol. The van der Waals surface area contributed by atoms with Crippen molar-refractivity contribution in [3.8, 4) is 0 Å². The number of carbonyl (C=O) groups excluding carboxylic acids is 2. The summed E-state index contributed by atoms with van der Waals surface area (Å²) in [6.45, 7) is 4.62. The number of anilines is 2. The second-order valence-electron chi connectivity index (χ2n) is 6.02. The van der Waals surface area contributed by atoms with E-state index in [0.717, 1.165) is 23.2 Å². The highest BCUT2D eigenvalue weighted by Gasteiger charge is 2.24. The van der Waals surface area contributed by atoms with Crippen LogP contribution in [0, 0.1) is 13.8 Å². The summed E-state index contributed by atoms with van der Waals surface area (Å²) in [5, 5.41) is 3.41. The molecular formula is C19H19ClN2O2. The van der Waals surface area contributed by atoms with Crippen LogP contribution in [0.15, 0.2) is 36.4 Å². The fourth-order valence-corrected chi connectivity index (χ4v) is 3.06. The first kappa shape index (κ1) is 16.5. The quantitative estimate of drug-likeness (QED) is 0.902. The van der Waals surface area contributed by atoms with Crippen molar-refractivity contribution in [2.24, 2.45) is 0 Å². The van der Waals surface area contributed by atoms with Crippen molar-refractivity contribution < 1.29 is 9.59 Å². The van der Waals surface area contributed by atoms with E-state index in [1.165, 1.54) is 0 Å². The van der Waals surface area contributed by atoms with Crippen LogP contribution < -0.4 is 10.2 Å². The summed E-state index contributed by atoms with van der Waals surface area (Å²) in [6.07, 6.45) is 1.34. The third-order valence-electron chi connectivity index (χ3n) is 4.43. The largest absolute Gasteiger partial charge is 0.322 e. The van der Waals surface area contributed by atoms with Gasteiger partial charge in [-0.15, -0.1) is 0 Å². The Labute approximate surface area is 146 Å². The summed E-state index contributed by atoms with van der Waals surface area (Å²) in [5.41, 5.74) is 4.03. The molecule has 124 valence electrons. The van der Waals surface area contributed by atoms with Gasteiger partial charge in [0.1, 0.15) is 0 Å². The lowest BCUT2D eigenvalue weighted by Crippen LogP contribution is -2.24. The van der Waals surface area contributed by atoms with E-state index in [1.807, 2.05) is 32.0 Å². The van der Waals surface area contributed by atoms with Crippen LogP contribution in [-0.4, -0.2) is 18.4 Å². The van der Waals surface area contributed by atoms with Crippen LogP contribution in [0.5, 0.6) is 0 Å². The van der Waals surface area contributed by atoms with Gasteiger partial charge in [-0.2, -0.15) is 0 Å². The lowest BCUT2D eigenvalue weighted by Gasteiger charge is -2.18. The number of rotatable bonds is 3. The van der Waals surface area contributed by atoms with Crippen molar-refractivity contribution in [3.05, 3.63) is 58.1 Å². The minimum absolute atomic E-state index is 0.0454. The van der Waals surface area contributed by atoms with E-state index in [1.54, 1.807) is 23.1 Å². The van der Waals surface area contributed by atoms with Gasteiger partial charge in [0.25, 0.3) is 5.91 Å². The maximum atomic E-state index is 12.6. The first-order valence-corrected chi connectivity index (χ1v) is 8.32. The molecule has 0 radical (unpaired) electrons. The van der Waals surface area contributed by atoms with E-state index in [2.05, 4.69) is 5.32 Å². The highest BCUT2D eigenvalue weighted by Crippen LogP contribution is 2.30. The van der Waals surface area contributed by atoms with Crippen LogP contribution in [0.1, 0.15) is 34.3 Å². The molecule has 1 heterocycles. The Bertz CT molecular complexity index is 817. The van der Waals surface area contributed by atoms with E-state index in [0.29, 0.717) is 29.2 Å². The SMILES string of the molecule is Cc1cccc(NC(=O)c2ccc(Cl)c(N3CCCC3=O)c2)c1C.